The number of amides is 1. The van der Waals surface area contributed by atoms with E-state index in [1.54, 1.807) is 25.8 Å². The van der Waals surface area contributed by atoms with Gasteiger partial charge in [-0.15, -0.1) is 0 Å². The molecule has 0 spiro atoms. The summed E-state index contributed by atoms with van der Waals surface area (Å²) in [4.78, 5) is 24.1. The summed E-state index contributed by atoms with van der Waals surface area (Å²) in [6.07, 6.45) is 5.45. The van der Waals surface area contributed by atoms with Gasteiger partial charge in [0.15, 0.2) is 0 Å². The van der Waals surface area contributed by atoms with E-state index in [9.17, 15) is 18.7 Å². The molecule has 1 saturated carbocycles. The van der Waals surface area contributed by atoms with Crippen LogP contribution in [0.3, 0.4) is 0 Å². The maximum absolute atomic E-state index is 12.6. The molecule has 2 aromatic rings. The number of carbonyl (C=O) groups is 2. The Morgan fingerprint density at radius 2 is 1.96 bits per heavy atom. The van der Waals surface area contributed by atoms with E-state index in [0.29, 0.717) is 25.5 Å². The molecule has 0 aromatic heterocycles. The van der Waals surface area contributed by atoms with Crippen molar-refractivity contribution in [3.8, 4) is 5.75 Å². The number of hydrogen-bond acceptors (Lipinski definition) is 7. The highest BCUT2D eigenvalue weighted by atomic mass is 35.5. The summed E-state index contributed by atoms with van der Waals surface area (Å²) in [6, 6.07) is 12.1. The van der Waals surface area contributed by atoms with Crippen molar-refractivity contribution < 1.29 is 42.8 Å². The first kappa shape index (κ1) is 41.2. The van der Waals surface area contributed by atoms with E-state index in [2.05, 4.69) is 36.1 Å². The van der Waals surface area contributed by atoms with Crippen LogP contribution in [0.1, 0.15) is 75.2 Å². The Labute approximate surface area is 300 Å². The van der Waals surface area contributed by atoms with Crippen LogP contribution in [0, 0.1) is 11.8 Å². The summed E-state index contributed by atoms with van der Waals surface area (Å²) in [6.45, 7) is 7.61. The molecule has 5 atom stereocenters. The highest BCUT2D eigenvalue weighted by molar-refractivity contribution is 6.30. The lowest BCUT2D eigenvalue weighted by atomic mass is 9.70. The van der Waals surface area contributed by atoms with Crippen molar-refractivity contribution >= 4 is 29.7 Å². The number of carbonyl (C=O) groups excluding carboxylic acids is 1. The number of nitrogens with zero attached hydrogens (tertiary/aromatic N) is 2. The third-order valence-corrected chi connectivity index (χ3v) is 9.62. The van der Waals surface area contributed by atoms with Gasteiger partial charge in [-0.25, -0.2) is 8.78 Å². The fraction of sp³-hybridized carbons (Fsp3) is 0.579. The summed E-state index contributed by atoms with van der Waals surface area (Å²) in [5, 5.41) is 18.1. The summed E-state index contributed by atoms with van der Waals surface area (Å²) in [7, 11) is 1.78. The van der Waals surface area contributed by atoms with Gasteiger partial charge in [0, 0.05) is 44.5 Å². The van der Waals surface area contributed by atoms with Gasteiger partial charge in [-0.1, -0.05) is 49.2 Å². The monoisotopic (exact) mass is 722 g/mol. The van der Waals surface area contributed by atoms with E-state index < -0.39 is 19.1 Å². The van der Waals surface area contributed by atoms with Crippen LogP contribution in [-0.4, -0.2) is 93.1 Å². The second-order valence-electron chi connectivity index (χ2n) is 13.0. The highest BCUT2D eigenvalue weighted by Gasteiger charge is 2.39. The Kier molecular flexibility index (Phi) is 17.5. The molecule has 0 saturated heterocycles. The fourth-order valence-corrected chi connectivity index (χ4v) is 6.72. The topological polar surface area (TPSA) is 109 Å². The number of aliphatic hydroxyl groups excluding tert-OH is 1. The van der Waals surface area contributed by atoms with Crippen LogP contribution in [0.25, 0.3) is 0 Å². The van der Waals surface area contributed by atoms with Gasteiger partial charge >= 0.3 is 0 Å². The number of alkyl halides is 2. The van der Waals surface area contributed by atoms with Crippen LogP contribution in [0.15, 0.2) is 48.6 Å². The lowest BCUT2D eigenvalue weighted by molar-refractivity contribution is -0.127. The number of carboxylic acid groups (broad SMARTS) is 1. The van der Waals surface area contributed by atoms with Crippen molar-refractivity contribution in [2.45, 2.75) is 77.4 Å². The third kappa shape index (κ3) is 12.5. The molecule has 0 radical (unpaired) electrons. The largest absolute Gasteiger partial charge is 0.491 e. The molecule has 2 N–H and O–H groups in total. The van der Waals surface area contributed by atoms with E-state index >= 15 is 0 Å². The molecule has 50 heavy (non-hydrogen) atoms. The Morgan fingerprint density at radius 1 is 1.20 bits per heavy atom. The molecule has 4 rings (SSSR count). The van der Waals surface area contributed by atoms with E-state index in [-0.39, 0.29) is 43.5 Å². The van der Waals surface area contributed by atoms with Crippen molar-refractivity contribution in [3.05, 3.63) is 70.3 Å². The molecule has 5 unspecified atom stereocenters. The lowest BCUT2D eigenvalue weighted by Gasteiger charge is -2.44. The minimum Gasteiger partial charge on any atom is -0.491 e. The van der Waals surface area contributed by atoms with Crippen molar-refractivity contribution in [1.29, 1.82) is 0 Å². The predicted molar refractivity (Wildman–Crippen MR) is 192 cm³/mol. The van der Waals surface area contributed by atoms with E-state index in [4.69, 9.17) is 35.7 Å². The normalized spacial score (nSPS) is 19.8. The number of aliphatic hydroxyl groups is 1. The van der Waals surface area contributed by atoms with Gasteiger partial charge < -0.3 is 34.2 Å². The second-order valence-corrected chi connectivity index (χ2v) is 13.4. The molecule has 1 fully saturated rings. The quantitative estimate of drug-likeness (QED) is 0.101. The zero-order valence-corrected chi connectivity index (χ0v) is 30.4. The Morgan fingerprint density at radius 3 is 2.60 bits per heavy atom. The van der Waals surface area contributed by atoms with Crippen LogP contribution in [0.5, 0.6) is 5.75 Å². The number of halogens is 3. The average molecular weight is 723 g/mol. The smallest absolute Gasteiger partial charge is 0.290 e. The number of rotatable bonds is 17. The molecule has 12 heteroatoms. The first-order valence-electron chi connectivity index (χ1n) is 17.4. The number of hydrogen-bond donors (Lipinski definition) is 2. The van der Waals surface area contributed by atoms with E-state index in [1.807, 2.05) is 24.3 Å². The van der Waals surface area contributed by atoms with Crippen molar-refractivity contribution in [2.24, 2.45) is 11.8 Å². The summed E-state index contributed by atoms with van der Waals surface area (Å²) in [5.41, 5.74) is 4.30. The van der Waals surface area contributed by atoms with Crippen LogP contribution in [0.2, 0.25) is 5.02 Å². The van der Waals surface area contributed by atoms with Gasteiger partial charge in [0.05, 0.1) is 37.7 Å². The summed E-state index contributed by atoms with van der Waals surface area (Å²) >= 11 is 6.41. The van der Waals surface area contributed by atoms with Crippen molar-refractivity contribution in [2.75, 3.05) is 58.0 Å². The van der Waals surface area contributed by atoms with Gasteiger partial charge in [-0.2, -0.15) is 0 Å². The van der Waals surface area contributed by atoms with Gasteiger partial charge in [0.2, 0.25) is 5.91 Å². The minimum atomic E-state index is -2.51. The Balaban J connectivity index is 0.00000217. The molecule has 2 aromatic carbocycles. The minimum absolute atomic E-state index is 0.0145. The standard InChI is InChI=1S/C37H51ClF2N2O5.CH2O2/c1-5-8-28-19-31(38)12-14-32(28)30-22-42(34-20-27(25(2)43)11-15-36(34)47-23-30)21-29-10-13-33(29)35(46-18-17-45-24-37(39)40)9-6-7-16-41(4)26(3)44;2-1-3/h6,9,11-12,14-15,19-20,25,29-30,33,35,37,43H,5,7-8,10,13,16-18,21-24H2,1-4H3;1H,(H,2,3)/b9-6+;. The molecular weight excluding hydrogens is 670 g/mol. The third-order valence-electron chi connectivity index (χ3n) is 9.38. The number of anilines is 1. The fourth-order valence-electron chi connectivity index (χ4n) is 6.52. The summed E-state index contributed by atoms with van der Waals surface area (Å²) < 4.78 is 43.0. The first-order chi connectivity index (χ1) is 24.0. The van der Waals surface area contributed by atoms with E-state index in [1.165, 1.54) is 11.1 Å². The Bertz CT molecular complexity index is 1380. The molecule has 1 aliphatic carbocycles. The maximum Gasteiger partial charge on any atom is 0.290 e. The number of benzene rings is 2. The number of ether oxygens (including phenoxy) is 3. The lowest BCUT2D eigenvalue weighted by Crippen LogP contribution is -2.45. The van der Waals surface area contributed by atoms with Crippen LogP contribution in [-0.2, 0) is 25.5 Å². The maximum atomic E-state index is 12.6. The molecule has 2 aliphatic rings. The van der Waals surface area contributed by atoms with Crippen molar-refractivity contribution in [1.82, 2.24) is 4.90 Å². The zero-order valence-electron chi connectivity index (χ0n) is 29.6. The highest BCUT2D eigenvalue weighted by Crippen LogP contribution is 2.43. The van der Waals surface area contributed by atoms with Crippen molar-refractivity contribution in [3.63, 3.8) is 0 Å². The Hall–Kier alpha value is -3.25. The van der Waals surface area contributed by atoms with Crippen LogP contribution in [0.4, 0.5) is 14.5 Å². The number of aryl methyl sites for hydroxylation is 1. The van der Waals surface area contributed by atoms with Gasteiger partial charge in [0.1, 0.15) is 12.4 Å². The first-order valence-corrected chi connectivity index (χ1v) is 17.8. The van der Waals surface area contributed by atoms with E-state index in [0.717, 1.165) is 60.8 Å². The molecule has 1 amide bonds. The van der Waals surface area contributed by atoms with Crippen LogP contribution < -0.4 is 9.64 Å². The average Bonchev–Trinajstić information content (AvgIpc) is 3.24. The predicted octanol–water partition coefficient (Wildman–Crippen LogP) is 7.15. The molecule has 278 valence electrons. The van der Waals surface area contributed by atoms with Gasteiger partial charge in [0.25, 0.3) is 12.9 Å². The second kappa shape index (κ2) is 21.2. The SMILES string of the molecule is CCCc1cc(Cl)ccc1C1COc2ccc(C(C)O)cc2N(CC2CCC2C(/C=C/CCN(C)C(C)=O)OCCOCC(F)F)C1.O=CO. The number of fused-ring (bicyclic) bond motifs is 1. The molecule has 9 nitrogen and oxygen atoms in total. The molecule has 1 aliphatic heterocycles. The molecular formula is C38H53ClF2N2O7. The van der Waals surface area contributed by atoms with Gasteiger partial charge in [-0.3, -0.25) is 9.59 Å². The molecule has 1 heterocycles. The molecule has 0 bridgehead atoms. The van der Waals surface area contributed by atoms with Crippen LogP contribution >= 0.6 is 11.6 Å². The zero-order chi connectivity index (χ0) is 36.6. The summed E-state index contributed by atoms with van der Waals surface area (Å²) in [5.74, 6) is 1.47. The van der Waals surface area contributed by atoms with Gasteiger partial charge in [-0.05, 0) is 85.4 Å².